The Labute approximate surface area is 293 Å². The van der Waals surface area contributed by atoms with Crippen molar-refractivity contribution >= 4 is 61.0 Å². The van der Waals surface area contributed by atoms with Gasteiger partial charge in [-0.1, -0.05) is 103 Å². The van der Waals surface area contributed by atoms with Gasteiger partial charge in [0.25, 0.3) is 0 Å². The van der Waals surface area contributed by atoms with Crippen LogP contribution in [0.25, 0.3) is 77.5 Å². The summed E-state index contributed by atoms with van der Waals surface area (Å²) < 4.78 is 12.8. The minimum atomic E-state index is 0.572. The van der Waals surface area contributed by atoms with E-state index in [1.54, 1.807) is 0 Å². The standard InChI is InChI=1S/C46H29N3O2/c1-2-11-30(12-3-1)32-25-26-47-44(28-32)49(34-16-8-15-33(27-34)37-18-9-14-31-13-4-5-17-36(31)37)35-23-24-38-43(29-35)50-42-22-10-19-39(45(38)42)46-48-40-20-6-7-21-41(40)51-46/h1-29H. The van der Waals surface area contributed by atoms with Crippen LogP contribution in [0.3, 0.4) is 0 Å². The molecule has 5 heteroatoms. The molecule has 10 aromatic rings. The Hall–Kier alpha value is -6.98. The van der Waals surface area contributed by atoms with Gasteiger partial charge < -0.3 is 8.83 Å². The van der Waals surface area contributed by atoms with Gasteiger partial charge >= 0.3 is 0 Å². The van der Waals surface area contributed by atoms with Crippen LogP contribution in [0.5, 0.6) is 0 Å². The number of hydrogen-bond acceptors (Lipinski definition) is 5. The van der Waals surface area contributed by atoms with Gasteiger partial charge in [-0.05, 0) is 93.7 Å². The van der Waals surface area contributed by atoms with Gasteiger partial charge in [-0.3, -0.25) is 4.90 Å². The summed E-state index contributed by atoms with van der Waals surface area (Å²) in [4.78, 5) is 12.0. The van der Waals surface area contributed by atoms with E-state index in [4.69, 9.17) is 18.8 Å². The molecule has 0 fully saturated rings. The molecule has 0 saturated heterocycles. The second-order valence-corrected chi connectivity index (χ2v) is 12.6. The van der Waals surface area contributed by atoms with Gasteiger partial charge in [-0.2, -0.15) is 0 Å². The number of benzene rings is 7. The van der Waals surface area contributed by atoms with Crippen LogP contribution in [0.15, 0.2) is 185 Å². The number of pyridine rings is 1. The average molecular weight is 656 g/mol. The number of anilines is 3. The van der Waals surface area contributed by atoms with Crippen LogP contribution < -0.4 is 4.90 Å². The molecule has 240 valence electrons. The number of oxazole rings is 1. The first-order valence-corrected chi connectivity index (χ1v) is 17.0. The van der Waals surface area contributed by atoms with E-state index in [2.05, 4.69) is 126 Å². The van der Waals surface area contributed by atoms with Crippen LogP contribution >= 0.6 is 0 Å². The van der Waals surface area contributed by atoms with Gasteiger partial charge in [0.15, 0.2) is 5.58 Å². The zero-order valence-electron chi connectivity index (χ0n) is 27.4. The number of rotatable bonds is 6. The largest absolute Gasteiger partial charge is 0.456 e. The molecule has 0 aliphatic heterocycles. The molecule has 5 nitrogen and oxygen atoms in total. The lowest BCUT2D eigenvalue weighted by Gasteiger charge is -2.25. The lowest BCUT2D eigenvalue weighted by Crippen LogP contribution is -2.11. The van der Waals surface area contributed by atoms with Gasteiger partial charge in [0.2, 0.25) is 5.89 Å². The summed E-state index contributed by atoms with van der Waals surface area (Å²) in [5, 5.41) is 4.38. The van der Waals surface area contributed by atoms with Crippen LogP contribution in [0.1, 0.15) is 0 Å². The molecule has 0 saturated carbocycles. The van der Waals surface area contributed by atoms with E-state index in [9.17, 15) is 0 Å². The van der Waals surface area contributed by atoms with Crippen molar-refractivity contribution in [1.29, 1.82) is 0 Å². The molecule has 0 unspecified atom stereocenters. The number of furan rings is 1. The first-order chi connectivity index (χ1) is 25.3. The summed E-state index contributed by atoms with van der Waals surface area (Å²) in [6, 6.07) is 58.5. The monoisotopic (exact) mass is 655 g/mol. The fourth-order valence-corrected chi connectivity index (χ4v) is 7.17. The summed E-state index contributed by atoms with van der Waals surface area (Å²) in [6.45, 7) is 0. The zero-order valence-corrected chi connectivity index (χ0v) is 27.4. The van der Waals surface area contributed by atoms with E-state index < -0.39 is 0 Å². The highest BCUT2D eigenvalue weighted by molar-refractivity contribution is 6.12. The van der Waals surface area contributed by atoms with Gasteiger partial charge in [0, 0.05) is 34.3 Å². The molecule has 0 aliphatic rings. The average Bonchev–Trinajstić information content (AvgIpc) is 3.80. The summed E-state index contributed by atoms with van der Waals surface area (Å²) in [6.07, 6.45) is 1.88. The summed E-state index contributed by atoms with van der Waals surface area (Å²) >= 11 is 0. The molecular formula is C46H29N3O2. The normalized spacial score (nSPS) is 11.5. The minimum absolute atomic E-state index is 0.572. The second-order valence-electron chi connectivity index (χ2n) is 12.6. The third kappa shape index (κ3) is 5.03. The zero-order chi connectivity index (χ0) is 33.7. The van der Waals surface area contributed by atoms with Crippen molar-refractivity contribution in [2.45, 2.75) is 0 Å². The van der Waals surface area contributed by atoms with Crippen molar-refractivity contribution in [3.63, 3.8) is 0 Å². The van der Waals surface area contributed by atoms with Crippen molar-refractivity contribution in [3.05, 3.63) is 176 Å². The van der Waals surface area contributed by atoms with E-state index in [1.807, 2.05) is 54.7 Å². The molecule has 10 rings (SSSR count). The van der Waals surface area contributed by atoms with Gasteiger partial charge in [0.1, 0.15) is 22.5 Å². The Balaban J connectivity index is 1.15. The highest BCUT2D eigenvalue weighted by Crippen LogP contribution is 2.42. The molecule has 3 heterocycles. The summed E-state index contributed by atoms with van der Waals surface area (Å²) in [5.41, 5.74) is 10.5. The molecule has 3 aromatic heterocycles. The van der Waals surface area contributed by atoms with Crippen molar-refractivity contribution in [2.75, 3.05) is 4.90 Å². The van der Waals surface area contributed by atoms with Crippen molar-refractivity contribution in [1.82, 2.24) is 9.97 Å². The minimum Gasteiger partial charge on any atom is -0.456 e. The predicted octanol–water partition coefficient (Wildman–Crippen LogP) is 12.7. The lowest BCUT2D eigenvalue weighted by atomic mass is 9.97. The number of aromatic nitrogens is 2. The molecule has 0 amide bonds. The smallest absolute Gasteiger partial charge is 0.228 e. The topological polar surface area (TPSA) is 55.3 Å². The Kier molecular flexibility index (Phi) is 6.74. The third-order valence-electron chi connectivity index (χ3n) is 9.55. The number of hydrogen-bond donors (Lipinski definition) is 0. The third-order valence-corrected chi connectivity index (χ3v) is 9.55. The van der Waals surface area contributed by atoms with Gasteiger partial charge in [-0.25, -0.2) is 9.97 Å². The Morgan fingerprint density at radius 2 is 1.20 bits per heavy atom. The first-order valence-electron chi connectivity index (χ1n) is 17.0. The maximum atomic E-state index is 6.57. The van der Waals surface area contributed by atoms with Crippen molar-refractivity contribution in [3.8, 4) is 33.7 Å². The van der Waals surface area contributed by atoms with E-state index in [1.165, 1.54) is 16.3 Å². The number of nitrogens with zero attached hydrogens (tertiary/aromatic N) is 3. The highest BCUT2D eigenvalue weighted by Gasteiger charge is 2.21. The molecule has 0 bridgehead atoms. The highest BCUT2D eigenvalue weighted by atomic mass is 16.3. The molecular weight excluding hydrogens is 627 g/mol. The lowest BCUT2D eigenvalue weighted by molar-refractivity contribution is 0.620. The SMILES string of the molecule is c1ccc(-c2ccnc(N(c3cccc(-c4cccc5ccccc45)c3)c3ccc4c(c3)oc3cccc(-c5nc6ccccc6o5)c34)c2)cc1. The van der Waals surface area contributed by atoms with E-state index in [-0.39, 0.29) is 0 Å². The predicted molar refractivity (Wildman–Crippen MR) is 208 cm³/mol. The van der Waals surface area contributed by atoms with E-state index in [0.717, 1.165) is 72.5 Å². The second kappa shape index (κ2) is 11.9. The van der Waals surface area contributed by atoms with Crippen molar-refractivity contribution < 1.29 is 8.83 Å². The van der Waals surface area contributed by atoms with Crippen LogP contribution in [-0.2, 0) is 0 Å². The van der Waals surface area contributed by atoms with Crippen LogP contribution in [0.2, 0.25) is 0 Å². The Bertz CT molecular complexity index is 2850. The van der Waals surface area contributed by atoms with Crippen LogP contribution in [0.4, 0.5) is 17.2 Å². The number of para-hydroxylation sites is 2. The number of fused-ring (bicyclic) bond motifs is 5. The summed E-state index contributed by atoms with van der Waals surface area (Å²) in [7, 11) is 0. The quantitative estimate of drug-likeness (QED) is 0.178. The maximum absolute atomic E-state index is 6.57. The van der Waals surface area contributed by atoms with Crippen LogP contribution in [0, 0.1) is 0 Å². The first kappa shape index (κ1) is 29.0. The molecule has 0 N–H and O–H groups in total. The Morgan fingerprint density at radius 3 is 2.14 bits per heavy atom. The van der Waals surface area contributed by atoms with E-state index in [0.29, 0.717) is 5.89 Å². The van der Waals surface area contributed by atoms with Crippen molar-refractivity contribution in [2.24, 2.45) is 0 Å². The Morgan fingerprint density at radius 1 is 0.451 bits per heavy atom. The molecule has 7 aromatic carbocycles. The molecule has 0 aliphatic carbocycles. The van der Waals surface area contributed by atoms with Gasteiger partial charge in [-0.15, -0.1) is 0 Å². The fraction of sp³-hybridized carbons (Fsp3) is 0. The fourth-order valence-electron chi connectivity index (χ4n) is 7.17. The maximum Gasteiger partial charge on any atom is 0.228 e. The molecule has 0 radical (unpaired) electrons. The molecule has 51 heavy (non-hydrogen) atoms. The van der Waals surface area contributed by atoms with Crippen LogP contribution in [-0.4, -0.2) is 9.97 Å². The van der Waals surface area contributed by atoms with Gasteiger partial charge in [0.05, 0.1) is 5.69 Å². The molecule has 0 atom stereocenters. The van der Waals surface area contributed by atoms with E-state index >= 15 is 0 Å². The molecule has 0 spiro atoms. The summed E-state index contributed by atoms with van der Waals surface area (Å²) in [5.74, 6) is 1.37.